The van der Waals surface area contributed by atoms with Crippen LogP contribution in [0.2, 0.25) is 0 Å². The van der Waals surface area contributed by atoms with Gasteiger partial charge in [0, 0.05) is 13.2 Å². The van der Waals surface area contributed by atoms with Gasteiger partial charge < -0.3 is 9.84 Å². The number of rotatable bonds is 3. The molecular weight excluding hydrogens is 417 g/mol. The van der Waals surface area contributed by atoms with E-state index in [1.807, 2.05) is 0 Å². The van der Waals surface area contributed by atoms with E-state index in [0.29, 0.717) is 6.07 Å². The molecule has 0 spiro atoms. The van der Waals surface area contributed by atoms with Gasteiger partial charge in [-0.15, -0.1) is 0 Å². The molecule has 0 bridgehead atoms. The molecule has 1 heterocycles. The van der Waals surface area contributed by atoms with Gasteiger partial charge in [0.1, 0.15) is 18.0 Å². The molecule has 1 N–H and O–H groups in total. The lowest BCUT2D eigenvalue weighted by Gasteiger charge is -2.31. The molecule has 2 aromatic rings. The molecule has 1 aliphatic rings. The molecule has 0 aromatic heterocycles. The molecule has 0 amide bonds. The van der Waals surface area contributed by atoms with Gasteiger partial charge in [0.2, 0.25) is 0 Å². The Morgan fingerprint density at radius 3 is 2.45 bits per heavy atom. The number of ether oxygens (including phenoxy) is 1. The number of nitro benzene ring substituents is 1. The highest BCUT2D eigenvalue weighted by Crippen LogP contribution is 2.42. The number of anilines is 1. The fraction of sp³-hybridized carbons (Fsp3) is 0.294. The first kappa shape index (κ1) is 22.4. The van der Waals surface area contributed by atoms with Gasteiger partial charge in [-0.25, -0.2) is 8.42 Å². The maximum Gasteiger partial charge on any atom is 0.416 e. The Morgan fingerprint density at radius 2 is 1.86 bits per heavy atom. The zero-order valence-electron chi connectivity index (χ0n) is 15.3. The highest BCUT2D eigenvalue weighted by atomic mass is 32.2. The number of halogens is 3. The van der Waals surface area contributed by atoms with Gasteiger partial charge in [-0.3, -0.25) is 14.4 Å². The van der Waals surface area contributed by atoms with Crippen LogP contribution in [0, 0.1) is 17.0 Å². The van der Waals surface area contributed by atoms with E-state index >= 15 is 0 Å². The molecule has 29 heavy (non-hydrogen) atoms. The Kier molecular flexibility index (Phi) is 6.38. The number of aliphatic hydroxyl groups is 1. The molecule has 0 saturated heterocycles. The van der Waals surface area contributed by atoms with Gasteiger partial charge in [0.05, 0.1) is 27.5 Å². The summed E-state index contributed by atoms with van der Waals surface area (Å²) in [5, 5.41) is 18.2. The van der Waals surface area contributed by atoms with Crippen molar-refractivity contribution in [2.45, 2.75) is 18.0 Å². The second-order valence-corrected chi connectivity index (χ2v) is 7.63. The summed E-state index contributed by atoms with van der Waals surface area (Å²) < 4.78 is 71.0. The average Bonchev–Trinajstić information content (AvgIpc) is 2.68. The molecular formula is C17H17F3N2O6S. The molecule has 0 aliphatic carbocycles. The monoisotopic (exact) mass is 434 g/mol. The molecule has 158 valence electrons. The number of nitro groups is 1. The summed E-state index contributed by atoms with van der Waals surface area (Å²) in [6.07, 6.45) is -4.71. The normalized spacial score (nSPS) is 13.7. The van der Waals surface area contributed by atoms with E-state index in [-0.39, 0.29) is 35.8 Å². The third-order valence-electron chi connectivity index (χ3n) is 4.11. The first-order valence-electron chi connectivity index (χ1n) is 8.09. The summed E-state index contributed by atoms with van der Waals surface area (Å²) >= 11 is 0. The number of hydrogen-bond donors (Lipinski definition) is 1. The van der Waals surface area contributed by atoms with E-state index in [2.05, 4.69) is 0 Å². The summed E-state index contributed by atoms with van der Waals surface area (Å²) in [6, 6.07) is 5.81. The van der Waals surface area contributed by atoms with E-state index in [0.717, 1.165) is 29.6 Å². The number of sulfonamides is 1. The minimum atomic E-state index is -4.71. The molecule has 3 rings (SSSR count). The quantitative estimate of drug-likeness (QED) is 0.587. The third-order valence-corrected chi connectivity index (χ3v) is 5.91. The molecule has 0 fully saturated rings. The number of alkyl halides is 3. The fourth-order valence-corrected chi connectivity index (χ4v) is 4.40. The van der Waals surface area contributed by atoms with Gasteiger partial charge in [0.25, 0.3) is 15.7 Å². The Bertz CT molecular complexity index is 1020. The highest BCUT2D eigenvalue weighted by molar-refractivity contribution is 7.92. The van der Waals surface area contributed by atoms with Crippen LogP contribution in [0.5, 0.6) is 5.75 Å². The second kappa shape index (κ2) is 8.25. The number of aliphatic hydroxyl groups excluding tert-OH is 1. The SMILES string of the molecule is CO.Cc1c([N+](=O)[O-])ccc2c1N(S(=O)(=O)c1cccc(C(F)(F)F)c1)CCO2. The molecule has 8 nitrogen and oxygen atoms in total. The topological polar surface area (TPSA) is 110 Å². The summed E-state index contributed by atoms with van der Waals surface area (Å²) in [5.41, 5.74) is -1.42. The van der Waals surface area contributed by atoms with Crippen LogP contribution in [0.4, 0.5) is 24.5 Å². The minimum absolute atomic E-state index is 0.0392. The first-order valence-corrected chi connectivity index (χ1v) is 9.53. The molecule has 0 unspecified atom stereocenters. The summed E-state index contributed by atoms with van der Waals surface area (Å²) in [6.45, 7) is 1.14. The first-order chi connectivity index (χ1) is 13.5. The molecule has 2 aromatic carbocycles. The zero-order valence-corrected chi connectivity index (χ0v) is 16.1. The van der Waals surface area contributed by atoms with Crippen LogP contribution in [0.1, 0.15) is 11.1 Å². The van der Waals surface area contributed by atoms with Crippen molar-refractivity contribution in [3.05, 3.63) is 57.6 Å². The van der Waals surface area contributed by atoms with Crippen LogP contribution >= 0.6 is 0 Å². The Balaban J connectivity index is 0.00000145. The Labute approximate surface area is 164 Å². The Morgan fingerprint density at radius 1 is 1.21 bits per heavy atom. The van der Waals surface area contributed by atoms with E-state index in [1.165, 1.54) is 19.1 Å². The van der Waals surface area contributed by atoms with Crippen molar-refractivity contribution < 1.29 is 36.4 Å². The van der Waals surface area contributed by atoms with Crippen LogP contribution in [-0.2, 0) is 16.2 Å². The standard InChI is InChI=1S/C16H13F3N2O5S.CH4O/c1-10-13(21(22)23)5-6-14-15(10)20(7-8-26-14)27(24,25)12-4-2-3-11(9-12)16(17,18)19;1-2/h2-6,9H,7-8H2,1H3;2H,1H3. The van der Waals surface area contributed by atoms with Crippen molar-refractivity contribution in [2.75, 3.05) is 24.6 Å². The van der Waals surface area contributed by atoms with Gasteiger partial charge in [0.15, 0.2) is 0 Å². The predicted molar refractivity (Wildman–Crippen MR) is 97.4 cm³/mol. The van der Waals surface area contributed by atoms with Crippen molar-refractivity contribution in [3.63, 3.8) is 0 Å². The lowest BCUT2D eigenvalue weighted by atomic mass is 10.1. The third kappa shape index (κ3) is 4.27. The van der Waals surface area contributed by atoms with Gasteiger partial charge in [-0.2, -0.15) is 13.2 Å². The number of nitrogens with zero attached hydrogens (tertiary/aromatic N) is 2. The van der Waals surface area contributed by atoms with Crippen molar-refractivity contribution in [1.82, 2.24) is 0 Å². The molecule has 0 radical (unpaired) electrons. The van der Waals surface area contributed by atoms with Crippen molar-refractivity contribution in [3.8, 4) is 5.75 Å². The summed E-state index contributed by atoms with van der Waals surface area (Å²) in [5.74, 6) is 0.111. The average molecular weight is 434 g/mol. The lowest BCUT2D eigenvalue weighted by molar-refractivity contribution is -0.385. The van der Waals surface area contributed by atoms with Crippen LogP contribution in [-0.4, -0.2) is 38.7 Å². The number of benzene rings is 2. The second-order valence-electron chi connectivity index (χ2n) is 5.76. The van der Waals surface area contributed by atoms with E-state index in [1.54, 1.807) is 0 Å². The number of fused-ring (bicyclic) bond motifs is 1. The minimum Gasteiger partial charge on any atom is -0.489 e. The largest absolute Gasteiger partial charge is 0.489 e. The maximum absolute atomic E-state index is 13.0. The van der Waals surface area contributed by atoms with Crippen LogP contribution in [0.25, 0.3) is 0 Å². The van der Waals surface area contributed by atoms with Crippen LogP contribution in [0.15, 0.2) is 41.3 Å². The van der Waals surface area contributed by atoms with Crippen molar-refractivity contribution in [1.29, 1.82) is 0 Å². The number of hydrogen-bond acceptors (Lipinski definition) is 6. The van der Waals surface area contributed by atoms with E-state index in [9.17, 15) is 31.7 Å². The zero-order chi connectivity index (χ0) is 22.0. The predicted octanol–water partition coefficient (Wildman–Crippen LogP) is 3.12. The summed E-state index contributed by atoms with van der Waals surface area (Å²) in [7, 11) is -3.39. The van der Waals surface area contributed by atoms with Gasteiger partial charge in [-0.05, 0) is 31.2 Å². The van der Waals surface area contributed by atoms with Crippen LogP contribution in [0.3, 0.4) is 0 Å². The van der Waals surface area contributed by atoms with E-state index < -0.39 is 31.6 Å². The summed E-state index contributed by atoms with van der Waals surface area (Å²) in [4.78, 5) is 9.93. The highest BCUT2D eigenvalue weighted by Gasteiger charge is 2.36. The molecule has 1 aliphatic heterocycles. The maximum atomic E-state index is 13.0. The van der Waals surface area contributed by atoms with Crippen molar-refractivity contribution in [2.24, 2.45) is 0 Å². The molecule has 0 saturated carbocycles. The lowest BCUT2D eigenvalue weighted by Crippen LogP contribution is -2.38. The van der Waals surface area contributed by atoms with Crippen molar-refractivity contribution >= 4 is 21.4 Å². The van der Waals surface area contributed by atoms with Gasteiger partial charge >= 0.3 is 6.18 Å². The van der Waals surface area contributed by atoms with Gasteiger partial charge in [-0.1, -0.05) is 6.07 Å². The van der Waals surface area contributed by atoms with E-state index in [4.69, 9.17) is 9.84 Å². The smallest absolute Gasteiger partial charge is 0.416 e. The molecule has 0 atom stereocenters. The fourth-order valence-electron chi connectivity index (χ4n) is 2.84. The van der Waals surface area contributed by atoms with Crippen LogP contribution < -0.4 is 9.04 Å². The molecule has 12 heteroatoms. The Hall–Kier alpha value is -2.86.